The molecule has 0 unspecified atom stereocenters. The number of amides is 1. The molecule has 0 atom stereocenters. The molecule has 10 heteroatoms. The van der Waals surface area contributed by atoms with Crippen molar-refractivity contribution in [1.29, 1.82) is 0 Å². The van der Waals surface area contributed by atoms with Gasteiger partial charge in [-0.25, -0.2) is 14.4 Å². The number of hydrogen-bond acceptors (Lipinski definition) is 7. The summed E-state index contributed by atoms with van der Waals surface area (Å²) in [5, 5.41) is 6.70. The van der Waals surface area contributed by atoms with Crippen molar-refractivity contribution in [1.82, 2.24) is 20.2 Å². The van der Waals surface area contributed by atoms with Gasteiger partial charge in [0.05, 0.1) is 29.4 Å². The predicted octanol–water partition coefficient (Wildman–Crippen LogP) is 4.30. The van der Waals surface area contributed by atoms with Crippen LogP contribution in [0.4, 0.5) is 15.9 Å². The Labute approximate surface area is 207 Å². The molecule has 5 rings (SSSR count). The molecule has 0 bridgehead atoms. The first-order chi connectivity index (χ1) is 16.9. The van der Waals surface area contributed by atoms with Crippen molar-refractivity contribution < 1.29 is 18.7 Å². The maximum absolute atomic E-state index is 14.5. The zero-order chi connectivity index (χ0) is 24.6. The van der Waals surface area contributed by atoms with Crippen LogP contribution in [0.25, 0.3) is 10.9 Å². The number of likely N-dealkylation sites (N-methyl/N-ethyl adjacent to an activating group) is 1. The van der Waals surface area contributed by atoms with Crippen LogP contribution in [0, 0.1) is 5.82 Å². The minimum Gasteiger partial charge on any atom is -0.493 e. The summed E-state index contributed by atoms with van der Waals surface area (Å²) < 4.78 is 26.4. The van der Waals surface area contributed by atoms with E-state index < -0.39 is 11.4 Å². The van der Waals surface area contributed by atoms with Gasteiger partial charge in [-0.2, -0.15) is 0 Å². The van der Waals surface area contributed by atoms with Crippen molar-refractivity contribution in [3.63, 3.8) is 0 Å². The molecule has 1 aliphatic heterocycles. The molecule has 3 aromatic rings. The Morgan fingerprint density at radius 1 is 1.23 bits per heavy atom. The summed E-state index contributed by atoms with van der Waals surface area (Å²) in [6, 6.07) is 8.32. The number of carbonyl (C=O) groups is 1. The molecule has 184 valence electrons. The molecule has 2 aliphatic rings. The lowest BCUT2D eigenvalue weighted by atomic mass is 9.77. The number of piperazine rings is 1. The Kier molecular flexibility index (Phi) is 6.37. The van der Waals surface area contributed by atoms with Gasteiger partial charge in [-0.3, -0.25) is 9.69 Å². The SMILES string of the molecule is COc1cc2ncnc(Nc3cccc(Cl)c3F)c2cc1O[C@H]1CC[C@]2(CC1)C(=O)NCCN2C. The fraction of sp³-hybridized carbons (Fsp3) is 0.400. The van der Waals surface area contributed by atoms with E-state index in [1.165, 1.54) is 12.4 Å². The topological polar surface area (TPSA) is 88.6 Å². The van der Waals surface area contributed by atoms with Crippen LogP contribution in [-0.2, 0) is 4.79 Å². The summed E-state index contributed by atoms with van der Waals surface area (Å²) in [4.78, 5) is 23.5. The molecule has 1 aromatic heterocycles. The number of fused-ring (bicyclic) bond motifs is 1. The first kappa shape index (κ1) is 23.6. The molecular weight excluding hydrogens is 473 g/mol. The van der Waals surface area contributed by atoms with Crippen LogP contribution < -0.4 is 20.1 Å². The first-order valence-electron chi connectivity index (χ1n) is 11.6. The Hall–Kier alpha value is -3.17. The number of nitrogens with one attached hydrogen (secondary N) is 2. The van der Waals surface area contributed by atoms with Crippen LogP contribution in [0.5, 0.6) is 11.5 Å². The number of nitrogens with zero attached hydrogens (tertiary/aromatic N) is 3. The molecule has 35 heavy (non-hydrogen) atoms. The average molecular weight is 500 g/mol. The lowest BCUT2D eigenvalue weighted by molar-refractivity contribution is -0.140. The third-order valence-corrected chi connectivity index (χ3v) is 7.36. The third-order valence-electron chi connectivity index (χ3n) is 7.06. The van der Waals surface area contributed by atoms with E-state index in [1.807, 2.05) is 13.1 Å². The number of anilines is 2. The van der Waals surface area contributed by atoms with Crippen LogP contribution in [0.2, 0.25) is 5.02 Å². The van der Waals surface area contributed by atoms with Gasteiger partial charge in [0.1, 0.15) is 17.7 Å². The van der Waals surface area contributed by atoms with E-state index in [4.69, 9.17) is 21.1 Å². The van der Waals surface area contributed by atoms with E-state index in [9.17, 15) is 9.18 Å². The highest BCUT2D eigenvalue weighted by atomic mass is 35.5. The lowest BCUT2D eigenvalue weighted by Crippen LogP contribution is -2.65. The van der Waals surface area contributed by atoms with Crippen molar-refractivity contribution in [2.24, 2.45) is 0 Å². The first-order valence-corrected chi connectivity index (χ1v) is 12.0. The van der Waals surface area contributed by atoms with Gasteiger partial charge in [-0.05, 0) is 50.9 Å². The predicted molar refractivity (Wildman–Crippen MR) is 132 cm³/mol. The zero-order valence-corrected chi connectivity index (χ0v) is 20.4. The minimum atomic E-state index is -0.557. The Balaban J connectivity index is 1.41. The fourth-order valence-corrected chi connectivity index (χ4v) is 5.18. The zero-order valence-electron chi connectivity index (χ0n) is 19.6. The van der Waals surface area contributed by atoms with E-state index in [-0.39, 0.29) is 22.7 Å². The van der Waals surface area contributed by atoms with Gasteiger partial charge in [0.2, 0.25) is 5.91 Å². The summed E-state index contributed by atoms with van der Waals surface area (Å²) in [5.74, 6) is 1.07. The van der Waals surface area contributed by atoms with Crippen LogP contribution in [0.1, 0.15) is 25.7 Å². The van der Waals surface area contributed by atoms with Gasteiger partial charge in [0.25, 0.3) is 0 Å². The monoisotopic (exact) mass is 499 g/mol. The maximum atomic E-state index is 14.5. The molecule has 0 radical (unpaired) electrons. The smallest absolute Gasteiger partial charge is 0.240 e. The Morgan fingerprint density at radius 2 is 2.03 bits per heavy atom. The highest BCUT2D eigenvalue weighted by molar-refractivity contribution is 6.31. The van der Waals surface area contributed by atoms with Crippen molar-refractivity contribution in [2.45, 2.75) is 37.3 Å². The van der Waals surface area contributed by atoms with Gasteiger partial charge >= 0.3 is 0 Å². The normalized spacial score (nSPS) is 22.7. The summed E-state index contributed by atoms with van der Waals surface area (Å²) in [6.07, 6.45) is 4.26. The van der Waals surface area contributed by atoms with Crippen LogP contribution in [-0.4, -0.2) is 59.7 Å². The molecular formula is C25H27ClFN5O3. The molecule has 1 aliphatic carbocycles. The number of aromatic nitrogens is 2. The number of ether oxygens (including phenoxy) is 2. The van der Waals surface area contributed by atoms with E-state index in [0.29, 0.717) is 34.8 Å². The second-order valence-corrected chi connectivity index (χ2v) is 9.40. The minimum absolute atomic E-state index is 0.0198. The van der Waals surface area contributed by atoms with Gasteiger partial charge < -0.3 is 20.1 Å². The van der Waals surface area contributed by atoms with Crippen LogP contribution in [0.15, 0.2) is 36.7 Å². The molecule has 8 nitrogen and oxygen atoms in total. The molecule has 2 fully saturated rings. The molecule has 1 amide bonds. The van der Waals surface area contributed by atoms with Gasteiger partial charge in [0, 0.05) is 24.5 Å². The van der Waals surface area contributed by atoms with Gasteiger partial charge in [-0.15, -0.1) is 0 Å². The van der Waals surface area contributed by atoms with Crippen molar-refractivity contribution in [3.05, 3.63) is 47.5 Å². The molecule has 1 spiro atoms. The maximum Gasteiger partial charge on any atom is 0.240 e. The number of rotatable bonds is 5. The third kappa shape index (κ3) is 4.34. The highest BCUT2D eigenvalue weighted by Gasteiger charge is 2.47. The molecule has 2 N–H and O–H groups in total. The van der Waals surface area contributed by atoms with Crippen molar-refractivity contribution in [3.8, 4) is 11.5 Å². The van der Waals surface area contributed by atoms with Crippen molar-refractivity contribution in [2.75, 3.05) is 32.6 Å². The second-order valence-electron chi connectivity index (χ2n) is 9.00. The second kappa shape index (κ2) is 9.47. The van der Waals surface area contributed by atoms with E-state index >= 15 is 0 Å². The number of carbonyl (C=O) groups excluding carboxylic acids is 1. The van der Waals surface area contributed by atoms with Crippen molar-refractivity contribution >= 4 is 39.9 Å². The number of benzene rings is 2. The lowest BCUT2D eigenvalue weighted by Gasteiger charge is -2.47. The van der Waals surface area contributed by atoms with E-state index in [2.05, 4.69) is 25.5 Å². The van der Waals surface area contributed by atoms with Gasteiger partial charge in [-0.1, -0.05) is 17.7 Å². The average Bonchev–Trinajstić information content (AvgIpc) is 2.86. The van der Waals surface area contributed by atoms with Gasteiger partial charge in [0.15, 0.2) is 17.3 Å². The summed E-state index contributed by atoms with van der Waals surface area (Å²) >= 11 is 5.93. The number of halogens is 2. The largest absolute Gasteiger partial charge is 0.493 e. The summed E-state index contributed by atoms with van der Waals surface area (Å²) in [6.45, 7) is 1.53. The Bertz CT molecular complexity index is 1270. The number of hydrogen-bond donors (Lipinski definition) is 2. The molecule has 1 saturated heterocycles. The van der Waals surface area contributed by atoms with E-state index in [1.54, 1.807) is 25.3 Å². The van der Waals surface area contributed by atoms with E-state index in [0.717, 1.165) is 32.2 Å². The Morgan fingerprint density at radius 3 is 2.77 bits per heavy atom. The summed E-state index contributed by atoms with van der Waals surface area (Å²) in [5.41, 5.74) is 0.373. The quantitative estimate of drug-likeness (QED) is 0.541. The number of methoxy groups -OCH3 is 1. The van der Waals surface area contributed by atoms with Crippen LogP contribution >= 0.6 is 11.6 Å². The van der Waals surface area contributed by atoms with Crippen LogP contribution in [0.3, 0.4) is 0 Å². The highest BCUT2D eigenvalue weighted by Crippen LogP contribution is 2.40. The molecule has 1 saturated carbocycles. The molecule has 2 aromatic carbocycles. The molecule has 2 heterocycles. The summed E-state index contributed by atoms with van der Waals surface area (Å²) in [7, 11) is 3.59. The fourth-order valence-electron chi connectivity index (χ4n) is 5.01. The standard InChI is InChI=1S/C25H27ClFN5O3/c1-32-11-10-28-24(33)25(32)8-6-15(7-9-25)35-21-12-16-19(13-20(21)34-2)29-14-30-23(16)31-18-5-3-4-17(26)22(18)27/h3-5,12-15H,6-11H2,1-2H3,(H,28,33)(H,29,30,31)/t15-,25-.